The van der Waals surface area contributed by atoms with Crippen molar-refractivity contribution in [2.24, 2.45) is 4.99 Å². The molecule has 3 N–H and O–H groups in total. The van der Waals surface area contributed by atoms with Gasteiger partial charge in [0.1, 0.15) is 5.56 Å². The average Bonchev–Trinajstić information content (AvgIpc) is 2.19. The number of hydrogen-bond donors (Lipinski definition) is 3. The Hall–Kier alpha value is -1.08. The Morgan fingerprint density at radius 2 is 2.11 bits per heavy atom. The molecule has 18 heavy (non-hydrogen) atoms. The monoisotopic (exact) mass is 287 g/mol. The molecule has 0 radical (unpaired) electrons. The fourth-order valence-electron chi connectivity index (χ4n) is 1.16. The molecule has 0 amide bonds. The molecule has 0 fully saturated rings. The van der Waals surface area contributed by atoms with Crippen LogP contribution < -0.4 is 5.56 Å². The van der Waals surface area contributed by atoms with Crippen LogP contribution in [0.25, 0.3) is 0 Å². The SMILES string of the molecule is CC(C)(C)SCCN=Cc1c(O)[nH]c(=S)[nH]c1=O. The Labute approximate surface area is 115 Å². The minimum atomic E-state index is -0.441. The molecule has 5 nitrogen and oxygen atoms in total. The predicted molar refractivity (Wildman–Crippen MR) is 78.6 cm³/mol. The van der Waals surface area contributed by atoms with E-state index < -0.39 is 5.56 Å². The summed E-state index contributed by atoms with van der Waals surface area (Å²) in [4.78, 5) is 20.5. The van der Waals surface area contributed by atoms with Crippen LogP contribution in [0.1, 0.15) is 26.3 Å². The van der Waals surface area contributed by atoms with Crippen molar-refractivity contribution in [1.82, 2.24) is 9.97 Å². The Balaban J connectivity index is 2.63. The van der Waals surface area contributed by atoms with Gasteiger partial charge in [-0.15, -0.1) is 0 Å². The summed E-state index contributed by atoms with van der Waals surface area (Å²) in [6, 6.07) is 0. The number of aromatic hydroxyl groups is 1. The largest absolute Gasteiger partial charge is 0.494 e. The zero-order valence-electron chi connectivity index (χ0n) is 10.6. The van der Waals surface area contributed by atoms with E-state index in [1.807, 2.05) is 0 Å². The minimum absolute atomic E-state index is 0.0953. The zero-order chi connectivity index (χ0) is 13.8. The van der Waals surface area contributed by atoms with Gasteiger partial charge in [-0.25, -0.2) is 0 Å². The molecule has 1 aromatic heterocycles. The van der Waals surface area contributed by atoms with Crippen molar-refractivity contribution in [3.8, 4) is 5.88 Å². The van der Waals surface area contributed by atoms with E-state index in [0.29, 0.717) is 6.54 Å². The maximum atomic E-state index is 11.5. The van der Waals surface area contributed by atoms with E-state index in [4.69, 9.17) is 12.2 Å². The summed E-state index contributed by atoms with van der Waals surface area (Å²) >= 11 is 6.52. The summed E-state index contributed by atoms with van der Waals surface area (Å²) in [5.74, 6) is 0.609. The van der Waals surface area contributed by atoms with Gasteiger partial charge in [0.05, 0.1) is 0 Å². The lowest BCUT2D eigenvalue weighted by Crippen LogP contribution is -2.14. The molecule has 0 aliphatic heterocycles. The van der Waals surface area contributed by atoms with Gasteiger partial charge in [-0.2, -0.15) is 11.8 Å². The van der Waals surface area contributed by atoms with Crippen molar-refractivity contribution < 1.29 is 5.11 Å². The number of thioether (sulfide) groups is 1. The second-order valence-corrected chi connectivity index (χ2v) is 7.00. The number of aromatic nitrogens is 2. The van der Waals surface area contributed by atoms with E-state index in [2.05, 4.69) is 35.7 Å². The minimum Gasteiger partial charge on any atom is -0.494 e. The van der Waals surface area contributed by atoms with E-state index in [9.17, 15) is 9.90 Å². The molecule has 0 aromatic carbocycles. The highest BCUT2D eigenvalue weighted by molar-refractivity contribution is 8.00. The molecule has 1 rings (SSSR count). The highest BCUT2D eigenvalue weighted by Gasteiger charge is 2.09. The molecule has 7 heteroatoms. The van der Waals surface area contributed by atoms with E-state index in [0.717, 1.165) is 5.75 Å². The van der Waals surface area contributed by atoms with E-state index >= 15 is 0 Å². The fourth-order valence-corrected chi connectivity index (χ4v) is 2.16. The van der Waals surface area contributed by atoms with Gasteiger partial charge in [-0.05, 0) is 12.2 Å². The molecule has 0 saturated heterocycles. The Morgan fingerprint density at radius 1 is 1.44 bits per heavy atom. The lowest BCUT2D eigenvalue weighted by Gasteiger charge is -2.16. The topological polar surface area (TPSA) is 81.2 Å². The van der Waals surface area contributed by atoms with Gasteiger partial charge in [0, 0.05) is 23.3 Å². The normalized spacial score (nSPS) is 12.2. The van der Waals surface area contributed by atoms with Crippen LogP contribution in [0.4, 0.5) is 0 Å². The molecular weight excluding hydrogens is 270 g/mol. The van der Waals surface area contributed by atoms with Gasteiger partial charge in [-0.1, -0.05) is 20.8 Å². The number of aliphatic imine (C=N–C) groups is 1. The molecule has 0 atom stereocenters. The van der Waals surface area contributed by atoms with Gasteiger partial charge in [0.15, 0.2) is 4.77 Å². The van der Waals surface area contributed by atoms with Gasteiger partial charge in [0.2, 0.25) is 5.88 Å². The average molecular weight is 287 g/mol. The third-order valence-corrected chi connectivity index (χ3v) is 3.39. The van der Waals surface area contributed by atoms with E-state index in [1.54, 1.807) is 11.8 Å². The molecule has 1 aromatic rings. The van der Waals surface area contributed by atoms with Crippen LogP contribution in [0.15, 0.2) is 9.79 Å². The molecular formula is C11H17N3O2S2. The summed E-state index contributed by atoms with van der Waals surface area (Å²) in [6.45, 7) is 7.00. The van der Waals surface area contributed by atoms with Crippen LogP contribution in [-0.4, -0.2) is 38.3 Å². The summed E-state index contributed by atoms with van der Waals surface area (Å²) in [6.07, 6.45) is 1.36. The number of H-pyrrole nitrogens is 2. The quantitative estimate of drug-likeness (QED) is 0.450. The van der Waals surface area contributed by atoms with Crippen molar-refractivity contribution in [2.45, 2.75) is 25.5 Å². The van der Waals surface area contributed by atoms with Gasteiger partial charge >= 0.3 is 0 Å². The fraction of sp³-hybridized carbons (Fsp3) is 0.545. The maximum absolute atomic E-state index is 11.5. The molecule has 0 spiro atoms. The molecule has 1 heterocycles. The summed E-state index contributed by atoms with van der Waals surface area (Å²) in [7, 11) is 0. The first-order chi connectivity index (χ1) is 8.29. The Bertz CT molecular complexity index is 540. The number of aromatic amines is 2. The third-order valence-electron chi connectivity index (χ3n) is 1.93. The Morgan fingerprint density at radius 3 is 2.67 bits per heavy atom. The molecule has 0 saturated carbocycles. The lowest BCUT2D eigenvalue weighted by atomic mass is 10.3. The van der Waals surface area contributed by atoms with Crippen molar-refractivity contribution in [2.75, 3.05) is 12.3 Å². The number of nitrogens with zero attached hydrogens (tertiary/aromatic N) is 1. The summed E-state index contributed by atoms with van der Waals surface area (Å²) < 4.78 is 0.297. The van der Waals surface area contributed by atoms with Crippen molar-refractivity contribution in [3.05, 3.63) is 20.7 Å². The third kappa shape index (κ3) is 5.05. The van der Waals surface area contributed by atoms with E-state index in [1.165, 1.54) is 6.21 Å². The van der Waals surface area contributed by atoms with Gasteiger partial charge in [-0.3, -0.25) is 14.8 Å². The smallest absolute Gasteiger partial charge is 0.264 e. The molecule has 0 aliphatic rings. The van der Waals surface area contributed by atoms with Crippen molar-refractivity contribution in [1.29, 1.82) is 0 Å². The van der Waals surface area contributed by atoms with Crippen LogP contribution in [0.2, 0.25) is 0 Å². The molecule has 100 valence electrons. The van der Waals surface area contributed by atoms with Crippen LogP contribution in [0.3, 0.4) is 0 Å². The first kappa shape index (κ1) is 15.0. The number of hydrogen-bond acceptors (Lipinski definition) is 5. The first-order valence-electron chi connectivity index (χ1n) is 5.49. The van der Waals surface area contributed by atoms with Crippen LogP contribution in [0, 0.1) is 4.77 Å². The zero-order valence-corrected chi connectivity index (χ0v) is 12.2. The van der Waals surface area contributed by atoms with Crippen molar-refractivity contribution in [3.63, 3.8) is 0 Å². The molecule has 0 aliphatic carbocycles. The molecule has 0 unspecified atom stereocenters. The number of rotatable bonds is 4. The predicted octanol–water partition coefficient (Wildman–Crippen LogP) is 2.09. The van der Waals surface area contributed by atoms with Crippen LogP contribution >= 0.6 is 24.0 Å². The number of nitrogens with one attached hydrogen (secondary N) is 2. The van der Waals surface area contributed by atoms with Crippen LogP contribution in [-0.2, 0) is 0 Å². The summed E-state index contributed by atoms with van der Waals surface area (Å²) in [5.41, 5.74) is -0.340. The lowest BCUT2D eigenvalue weighted by molar-refractivity contribution is 0.449. The first-order valence-corrected chi connectivity index (χ1v) is 6.88. The second kappa shape index (κ2) is 6.19. The van der Waals surface area contributed by atoms with Crippen LogP contribution in [0.5, 0.6) is 5.88 Å². The second-order valence-electron chi connectivity index (χ2n) is 4.67. The maximum Gasteiger partial charge on any atom is 0.264 e. The summed E-state index contributed by atoms with van der Waals surface area (Å²) in [5, 5.41) is 9.52. The van der Waals surface area contributed by atoms with E-state index in [-0.39, 0.29) is 21.0 Å². The van der Waals surface area contributed by atoms with Gasteiger partial charge in [0.25, 0.3) is 5.56 Å². The molecule has 0 bridgehead atoms. The highest BCUT2D eigenvalue weighted by Crippen LogP contribution is 2.22. The van der Waals surface area contributed by atoms with Crippen molar-refractivity contribution >= 4 is 30.2 Å². The van der Waals surface area contributed by atoms with Gasteiger partial charge < -0.3 is 10.1 Å². The highest BCUT2D eigenvalue weighted by atomic mass is 32.2. The standard InChI is InChI=1S/C11H17N3O2S2/c1-11(2,3)18-5-4-12-6-7-8(15)13-10(17)14-9(7)16/h6H,4-5H2,1-3H3,(H3,13,14,15,16,17). The Kier molecular flexibility index (Phi) is 5.15.